The third kappa shape index (κ3) is 1.53. The van der Waals surface area contributed by atoms with Crippen LogP contribution in [0.4, 0.5) is 5.82 Å². The van der Waals surface area contributed by atoms with Gasteiger partial charge in [0, 0.05) is 20.1 Å². The second-order valence-corrected chi connectivity index (χ2v) is 4.23. The smallest absolute Gasteiger partial charge is 0.259 e. The van der Waals surface area contributed by atoms with Gasteiger partial charge in [-0.25, -0.2) is 0 Å². The molecule has 0 unspecified atom stereocenters. The van der Waals surface area contributed by atoms with E-state index in [9.17, 15) is 4.79 Å². The number of carbonyl (C=O) groups is 1. The zero-order chi connectivity index (χ0) is 12.7. The monoisotopic (exact) mass is 247 g/mol. The molecule has 0 fully saturated rings. The van der Waals surface area contributed by atoms with Crippen LogP contribution >= 0.6 is 0 Å². The Morgan fingerprint density at radius 3 is 3.00 bits per heavy atom. The molecule has 1 aliphatic rings. The summed E-state index contributed by atoms with van der Waals surface area (Å²) in [6.07, 6.45) is 3.17. The van der Waals surface area contributed by atoms with Gasteiger partial charge in [-0.1, -0.05) is 0 Å². The molecule has 0 aliphatic carbocycles. The molecule has 0 radical (unpaired) electrons. The van der Waals surface area contributed by atoms with Crippen molar-refractivity contribution in [1.82, 2.24) is 29.4 Å². The lowest BCUT2D eigenvalue weighted by atomic mass is 10.2. The van der Waals surface area contributed by atoms with E-state index in [-0.39, 0.29) is 5.91 Å². The molecule has 3 rings (SSSR count). The van der Waals surface area contributed by atoms with E-state index in [2.05, 4.69) is 15.3 Å². The van der Waals surface area contributed by atoms with Crippen LogP contribution in [-0.2, 0) is 20.1 Å². The summed E-state index contributed by atoms with van der Waals surface area (Å²) >= 11 is 0. The van der Waals surface area contributed by atoms with Gasteiger partial charge in [0.15, 0.2) is 5.82 Å². The summed E-state index contributed by atoms with van der Waals surface area (Å²) in [7, 11) is 1.71. The number of rotatable bonds is 1. The Morgan fingerprint density at radius 1 is 1.44 bits per heavy atom. The van der Waals surface area contributed by atoms with Crippen LogP contribution in [0, 0.1) is 0 Å². The molecule has 2 aromatic rings. The minimum atomic E-state index is -0.116. The lowest BCUT2D eigenvalue weighted by molar-refractivity contribution is 0.0708. The minimum absolute atomic E-state index is 0.116. The number of anilines is 1. The van der Waals surface area contributed by atoms with E-state index in [4.69, 9.17) is 5.73 Å². The van der Waals surface area contributed by atoms with Crippen LogP contribution in [0.1, 0.15) is 16.2 Å². The van der Waals surface area contributed by atoms with Crippen LogP contribution in [0.2, 0.25) is 0 Å². The van der Waals surface area contributed by atoms with Gasteiger partial charge in [-0.3, -0.25) is 9.48 Å². The summed E-state index contributed by atoms with van der Waals surface area (Å²) in [4.78, 5) is 14.0. The second-order valence-electron chi connectivity index (χ2n) is 4.23. The van der Waals surface area contributed by atoms with Gasteiger partial charge in [0.05, 0.1) is 12.7 Å². The number of fused-ring (bicyclic) bond motifs is 1. The average Bonchev–Trinajstić information content (AvgIpc) is 2.96. The fraction of sp³-hybridized carbons (Fsp3) is 0.400. The third-order valence-electron chi connectivity index (χ3n) is 3.14. The lowest BCUT2D eigenvalue weighted by Crippen LogP contribution is -2.38. The predicted molar refractivity (Wildman–Crippen MR) is 62.4 cm³/mol. The van der Waals surface area contributed by atoms with Crippen LogP contribution in [0.15, 0.2) is 12.5 Å². The van der Waals surface area contributed by atoms with Crippen molar-refractivity contribution in [2.75, 3.05) is 12.3 Å². The second kappa shape index (κ2) is 3.83. The summed E-state index contributed by atoms with van der Waals surface area (Å²) < 4.78 is 3.43. The average molecular weight is 247 g/mol. The number of carbonyl (C=O) groups excluding carboxylic acids is 1. The molecule has 8 heteroatoms. The Balaban J connectivity index is 1.85. The molecule has 0 saturated carbocycles. The fourth-order valence-corrected chi connectivity index (χ4v) is 2.02. The van der Waals surface area contributed by atoms with Crippen molar-refractivity contribution >= 4 is 11.7 Å². The molecule has 8 nitrogen and oxygen atoms in total. The maximum atomic E-state index is 12.3. The highest BCUT2D eigenvalue weighted by molar-refractivity contribution is 5.98. The molecule has 2 aromatic heterocycles. The molecule has 0 aromatic carbocycles. The summed E-state index contributed by atoms with van der Waals surface area (Å²) in [5, 5.41) is 11.8. The summed E-state index contributed by atoms with van der Waals surface area (Å²) in [6.45, 7) is 1.78. The van der Waals surface area contributed by atoms with E-state index >= 15 is 0 Å². The molecule has 0 spiro atoms. The largest absolute Gasteiger partial charge is 0.383 e. The van der Waals surface area contributed by atoms with Crippen LogP contribution in [0.5, 0.6) is 0 Å². The van der Waals surface area contributed by atoms with Crippen molar-refractivity contribution in [3.63, 3.8) is 0 Å². The lowest BCUT2D eigenvalue weighted by Gasteiger charge is -2.26. The summed E-state index contributed by atoms with van der Waals surface area (Å²) in [5.41, 5.74) is 6.24. The van der Waals surface area contributed by atoms with E-state index in [0.717, 1.165) is 5.82 Å². The van der Waals surface area contributed by atoms with Crippen LogP contribution in [-0.4, -0.2) is 41.9 Å². The van der Waals surface area contributed by atoms with Crippen molar-refractivity contribution in [2.45, 2.75) is 13.1 Å². The first kappa shape index (κ1) is 10.8. The minimum Gasteiger partial charge on any atom is -0.383 e. The van der Waals surface area contributed by atoms with Gasteiger partial charge in [-0.2, -0.15) is 5.10 Å². The molecule has 1 aliphatic heterocycles. The van der Waals surface area contributed by atoms with Crippen molar-refractivity contribution < 1.29 is 4.79 Å². The Labute approximate surface area is 103 Å². The van der Waals surface area contributed by atoms with Gasteiger partial charge in [-0.15, -0.1) is 10.2 Å². The number of nitrogens with zero attached hydrogens (tertiary/aromatic N) is 6. The number of nitrogen functional groups attached to an aromatic ring is 1. The zero-order valence-corrected chi connectivity index (χ0v) is 9.94. The molecule has 94 valence electrons. The van der Waals surface area contributed by atoms with Crippen LogP contribution < -0.4 is 5.73 Å². The third-order valence-corrected chi connectivity index (χ3v) is 3.14. The first-order valence-corrected chi connectivity index (χ1v) is 5.60. The molecule has 18 heavy (non-hydrogen) atoms. The number of hydrogen-bond acceptors (Lipinski definition) is 5. The first-order chi connectivity index (χ1) is 8.66. The normalized spacial score (nSPS) is 14.6. The quantitative estimate of drug-likeness (QED) is 0.715. The number of aromatic nitrogens is 5. The van der Waals surface area contributed by atoms with Gasteiger partial charge in [0.2, 0.25) is 0 Å². The van der Waals surface area contributed by atoms with E-state index in [1.807, 2.05) is 4.57 Å². The highest BCUT2D eigenvalue weighted by Gasteiger charge is 2.25. The predicted octanol–water partition coefficient (Wildman–Crippen LogP) is -0.750. The van der Waals surface area contributed by atoms with Gasteiger partial charge in [0.25, 0.3) is 5.91 Å². The van der Waals surface area contributed by atoms with Crippen LogP contribution in [0.3, 0.4) is 0 Å². The van der Waals surface area contributed by atoms with Crippen LogP contribution in [0.25, 0.3) is 0 Å². The number of aryl methyl sites for hydroxylation is 1. The fourth-order valence-electron chi connectivity index (χ4n) is 2.02. The Morgan fingerprint density at radius 2 is 2.28 bits per heavy atom. The summed E-state index contributed by atoms with van der Waals surface area (Å²) in [6, 6.07) is 0. The molecule has 0 bridgehead atoms. The molecule has 0 atom stereocenters. The molecule has 1 amide bonds. The van der Waals surface area contributed by atoms with Gasteiger partial charge < -0.3 is 15.2 Å². The molecule has 0 saturated heterocycles. The highest BCUT2D eigenvalue weighted by atomic mass is 16.2. The Hall–Kier alpha value is -2.38. The van der Waals surface area contributed by atoms with Gasteiger partial charge in [0.1, 0.15) is 17.7 Å². The number of nitrogens with two attached hydrogens (primary N) is 1. The van der Waals surface area contributed by atoms with Gasteiger partial charge in [-0.05, 0) is 0 Å². The zero-order valence-electron chi connectivity index (χ0n) is 9.94. The standard InChI is InChI=1S/C10H13N7O/c1-15-9(11)7(4-13-15)10(18)16-2-3-17-6-12-14-8(17)5-16/h4,6H,2-3,5,11H2,1H3. The number of hydrogen-bond donors (Lipinski definition) is 1. The maximum Gasteiger partial charge on any atom is 0.259 e. The first-order valence-electron chi connectivity index (χ1n) is 5.60. The molecule has 3 heterocycles. The van der Waals surface area contributed by atoms with Crippen molar-refractivity contribution in [3.8, 4) is 0 Å². The van der Waals surface area contributed by atoms with E-state index in [1.54, 1.807) is 18.3 Å². The topological polar surface area (TPSA) is 94.9 Å². The van der Waals surface area contributed by atoms with E-state index in [0.29, 0.717) is 31.0 Å². The maximum absolute atomic E-state index is 12.3. The molecular formula is C10H13N7O. The van der Waals surface area contributed by atoms with Crippen molar-refractivity contribution in [3.05, 3.63) is 23.9 Å². The SMILES string of the molecule is Cn1ncc(C(=O)N2CCn3cnnc3C2)c1N. The highest BCUT2D eigenvalue weighted by Crippen LogP contribution is 2.16. The molecule has 2 N–H and O–H groups in total. The van der Waals surface area contributed by atoms with E-state index in [1.165, 1.54) is 10.9 Å². The van der Waals surface area contributed by atoms with Gasteiger partial charge >= 0.3 is 0 Å². The van der Waals surface area contributed by atoms with Crippen molar-refractivity contribution in [1.29, 1.82) is 0 Å². The Kier molecular flexibility index (Phi) is 2.29. The van der Waals surface area contributed by atoms with E-state index < -0.39 is 0 Å². The number of amides is 1. The van der Waals surface area contributed by atoms with Crippen molar-refractivity contribution in [2.24, 2.45) is 7.05 Å². The molecular weight excluding hydrogens is 234 g/mol. The Bertz CT molecular complexity index is 599. The summed E-state index contributed by atoms with van der Waals surface area (Å²) in [5.74, 6) is 1.05.